The maximum Gasteiger partial charge on any atom is 0.312 e. The Balaban J connectivity index is 2.57. The smallest absolute Gasteiger partial charge is 0.312 e. The summed E-state index contributed by atoms with van der Waals surface area (Å²) < 4.78 is 0. The first-order chi connectivity index (χ1) is 9.13. The number of hydrogen-bond donors (Lipinski definition) is 5. The van der Waals surface area contributed by atoms with Crippen molar-refractivity contribution >= 4 is 11.9 Å². The first kappa shape index (κ1) is 14.8. The Morgan fingerprint density at radius 2 is 1.95 bits per heavy atom. The average Bonchev–Trinajstić information content (AvgIpc) is 2.42. The fourth-order valence-electron chi connectivity index (χ4n) is 1.68. The van der Waals surface area contributed by atoms with Crippen molar-refractivity contribution in [1.82, 2.24) is 10.6 Å². The van der Waals surface area contributed by atoms with Gasteiger partial charge in [0.1, 0.15) is 5.84 Å². The van der Waals surface area contributed by atoms with Crippen LogP contribution in [0, 0.1) is 0 Å². The van der Waals surface area contributed by atoms with E-state index in [9.17, 15) is 4.79 Å². The van der Waals surface area contributed by atoms with E-state index in [1.165, 1.54) is 0 Å². The number of nitrogens with one attached hydrogen (secondary N) is 2. The molecule has 104 valence electrons. The van der Waals surface area contributed by atoms with Crippen LogP contribution in [0.3, 0.4) is 0 Å². The summed E-state index contributed by atoms with van der Waals surface area (Å²) in [5.74, 6) is 0.143. The zero-order valence-electron chi connectivity index (χ0n) is 10.5. The molecule has 0 aliphatic heterocycles. The highest BCUT2D eigenvalue weighted by Crippen LogP contribution is 2.15. The summed E-state index contributed by atoms with van der Waals surface area (Å²) in [5.41, 5.74) is 11.5. The highest BCUT2D eigenvalue weighted by atomic mass is 16.4. The number of carbonyl (C=O) groups is 1. The molecule has 1 rings (SSSR count). The molecule has 0 saturated heterocycles. The van der Waals surface area contributed by atoms with Gasteiger partial charge >= 0.3 is 6.03 Å². The van der Waals surface area contributed by atoms with Gasteiger partial charge in [0.2, 0.25) is 0 Å². The van der Waals surface area contributed by atoms with E-state index in [-0.39, 0.29) is 11.9 Å². The number of amidine groups is 1. The molecule has 1 atom stereocenters. The molecule has 0 saturated carbocycles. The minimum Gasteiger partial charge on any atom is -0.409 e. The van der Waals surface area contributed by atoms with Gasteiger partial charge in [-0.2, -0.15) is 0 Å². The van der Waals surface area contributed by atoms with E-state index in [0.29, 0.717) is 19.5 Å². The fourth-order valence-corrected chi connectivity index (χ4v) is 1.68. The lowest BCUT2D eigenvalue weighted by Crippen LogP contribution is -2.37. The molecule has 2 amide bonds. The molecule has 0 spiro atoms. The molecule has 1 aromatic carbocycles. The SMILES string of the molecule is NC(=O)NCCNC(C/C(N)=N/O)c1ccccc1. The number of rotatable bonds is 7. The van der Waals surface area contributed by atoms with E-state index in [0.717, 1.165) is 5.56 Å². The highest BCUT2D eigenvalue weighted by molar-refractivity contribution is 5.80. The molecule has 7 N–H and O–H groups in total. The van der Waals surface area contributed by atoms with Crippen LogP contribution in [0.5, 0.6) is 0 Å². The zero-order valence-corrected chi connectivity index (χ0v) is 10.5. The standard InChI is InChI=1S/C12H19N5O2/c13-11(17-19)8-10(9-4-2-1-3-5-9)15-6-7-16-12(14)18/h1-5,10,15,19H,6-8H2,(H2,13,17)(H3,14,16,18). The lowest BCUT2D eigenvalue weighted by molar-refractivity contribution is 0.249. The average molecular weight is 265 g/mol. The maximum absolute atomic E-state index is 10.5. The van der Waals surface area contributed by atoms with Crippen LogP contribution in [0.1, 0.15) is 18.0 Å². The molecule has 1 aromatic rings. The third-order valence-electron chi connectivity index (χ3n) is 2.56. The van der Waals surface area contributed by atoms with Crippen LogP contribution in [0.2, 0.25) is 0 Å². The number of amides is 2. The summed E-state index contributed by atoms with van der Waals surface area (Å²) >= 11 is 0. The Kier molecular flexibility index (Phi) is 6.17. The molecule has 7 nitrogen and oxygen atoms in total. The van der Waals surface area contributed by atoms with Crippen molar-refractivity contribution < 1.29 is 10.0 Å². The van der Waals surface area contributed by atoms with Gasteiger partial charge in [-0.1, -0.05) is 35.5 Å². The van der Waals surface area contributed by atoms with Gasteiger partial charge in [-0.25, -0.2) is 4.79 Å². The number of nitrogens with zero attached hydrogens (tertiary/aromatic N) is 1. The van der Waals surface area contributed by atoms with Crippen molar-refractivity contribution in [2.24, 2.45) is 16.6 Å². The minimum absolute atomic E-state index is 0.0909. The van der Waals surface area contributed by atoms with Gasteiger partial charge in [0.05, 0.1) is 0 Å². The van der Waals surface area contributed by atoms with Crippen LogP contribution < -0.4 is 22.1 Å². The van der Waals surface area contributed by atoms with Crippen molar-refractivity contribution in [3.05, 3.63) is 35.9 Å². The highest BCUT2D eigenvalue weighted by Gasteiger charge is 2.12. The Morgan fingerprint density at radius 1 is 1.26 bits per heavy atom. The first-order valence-corrected chi connectivity index (χ1v) is 5.91. The second-order valence-corrected chi connectivity index (χ2v) is 4.00. The van der Waals surface area contributed by atoms with E-state index in [1.807, 2.05) is 30.3 Å². The van der Waals surface area contributed by atoms with Gasteiger partial charge in [-0.15, -0.1) is 0 Å². The number of carbonyl (C=O) groups excluding carboxylic acids is 1. The molecular weight excluding hydrogens is 246 g/mol. The topological polar surface area (TPSA) is 126 Å². The molecule has 0 aliphatic rings. The summed E-state index contributed by atoms with van der Waals surface area (Å²) in [6.07, 6.45) is 0.372. The van der Waals surface area contributed by atoms with Crippen LogP contribution >= 0.6 is 0 Å². The van der Waals surface area contributed by atoms with E-state index in [4.69, 9.17) is 16.7 Å². The van der Waals surface area contributed by atoms with E-state index >= 15 is 0 Å². The van der Waals surface area contributed by atoms with Crippen molar-refractivity contribution in [3.63, 3.8) is 0 Å². The zero-order chi connectivity index (χ0) is 14.1. The number of primary amides is 1. The van der Waals surface area contributed by atoms with Crippen LogP contribution in [-0.4, -0.2) is 30.2 Å². The third-order valence-corrected chi connectivity index (χ3v) is 2.56. The lowest BCUT2D eigenvalue weighted by Gasteiger charge is -2.18. The summed E-state index contributed by atoms with van der Waals surface area (Å²) in [5, 5.41) is 17.3. The molecule has 0 aromatic heterocycles. The van der Waals surface area contributed by atoms with Gasteiger partial charge < -0.3 is 27.3 Å². The Hall–Kier alpha value is -2.28. The molecule has 0 radical (unpaired) electrons. The molecule has 19 heavy (non-hydrogen) atoms. The van der Waals surface area contributed by atoms with Crippen molar-refractivity contribution in [2.45, 2.75) is 12.5 Å². The first-order valence-electron chi connectivity index (χ1n) is 5.91. The molecule has 0 aliphatic carbocycles. The number of nitrogens with two attached hydrogens (primary N) is 2. The quantitative estimate of drug-likeness (QED) is 0.158. The fraction of sp³-hybridized carbons (Fsp3) is 0.333. The van der Waals surface area contributed by atoms with Gasteiger partial charge in [0.15, 0.2) is 0 Å². The monoisotopic (exact) mass is 265 g/mol. The molecule has 0 bridgehead atoms. The predicted octanol–water partition coefficient (Wildman–Crippen LogP) is 0.122. The second-order valence-electron chi connectivity index (χ2n) is 4.00. The minimum atomic E-state index is -0.561. The van der Waals surface area contributed by atoms with Crippen molar-refractivity contribution in [3.8, 4) is 0 Å². The number of urea groups is 1. The predicted molar refractivity (Wildman–Crippen MR) is 72.8 cm³/mol. The van der Waals surface area contributed by atoms with E-state index in [1.54, 1.807) is 0 Å². The largest absolute Gasteiger partial charge is 0.409 e. The third kappa shape index (κ3) is 5.73. The lowest BCUT2D eigenvalue weighted by atomic mass is 10.0. The summed E-state index contributed by atoms with van der Waals surface area (Å²) in [4.78, 5) is 10.5. The van der Waals surface area contributed by atoms with Gasteiger partial charge in [-0.3, -0.25) is 0 Å². The Bertz CT molecular complexity index is 421. The van der Waals surface area contributed by atoms with Crippen LogP contribution in [-0.2, 0) is 0 Å². The van der Waals surface area contributed by atoms with Crippen LogP contribution in [0.25, 0.3) is 0 Å². The summed E-state index contributed by atoms with van der Waals surface area (Å²) in [6, 6.07) is 8.99. The van der Waals surface area contributed by atoms with Gasteiger partial charge in [0.25, 0.3) is 0 Å². The number of hydrogen-bond acceptors (Lipinski definition) is 4. The molecule has 0 heterocycles. The molecule has 7 heteroatoms. The summed E-state index contributed by atoms with van der Waals surface area (Å²) in [6.45, 7) is 0.941. The van der Waals surface area contributed by atoms with Gasteiger partial charge in [0, 0.05) is 25.6 Å². The van der Waals surface area contributed by atoms with E-state index < -0.39 is 6.03 Å². The van der Waals surface area contributed by atoms with Crippen molar-refractivity contribution in [1.29, 1.82) is 0 Å². The number of oxime groups is 1. The summed E-state index contributed by atoms with van der Waals surface area (Å²) in [7, 11) is 0. The normalized spacial score (nSPS) is 12.9. The second kappa shape index (κ2) is 7.93. The Labute approximate surface area is 111 Å². The van der Waals surface area contributed by atoms with Gasteiger partial charge in [-0.05, 0) is 5.56 Å². The van der Waals surface area contributed by atoms with Crippen LogP contribution in [0.4, 0.5) is 4.79 Å². The van der Waals surface area contributed by atoms with Crippen LogP contribution in [0.15, 0.2) is 35.5 Å². The maximum atomic E-state index is 10.5. The molecule has 1 unspecified atom stereocenters. The number of benzene rings is 1. The molecule has 0 fully saturated rings. The van der Waals surface area contributed by atoms with E-state index in [2.05, 4.69) is 15.8 Å². The van der Waals surface area contributed by atoms with Crippen molar-refractivity contribution in [2.75, 3.05) is 13.1 Å². The molecular formula is C12H19N5O2. The Morgan fingerprint density at radius 3 is 2.53 bits per heavy atom.